The molecule has 0 aliphatic rings. The maximum atomic E-state index is 9.05. The van der Waals surface area contributed by atoms with E-state index in [1.807, 2.05) is 0 Å². The van der Waals surface area contributed by atoms with Crippen molar-refractivity contribution in [3.05, 3.63) is 20.8 Å². The van der Waals surface area contributed by atoms with Gasteiger partial charge in [0.1, 0.15) is 0 Å². The third kappa shape index (κ3) is 5.20. The molecule has 94 valence electrons. The van der Waals surface area contributed by atoms with Gasteiger partial charge in [-0.2, -0.15) is 5.26 Å². The number of rotatable bonds is 6. The van der Waals surface area contributed by atoms with Gasteiger partial charge in [0.15, 0.2) is 0 Å². The second-order valence-electron chi connectivity index (χ2n) is 4.70. The molecule has 0 aliphatic carbocycles. The summed E-state index contributed by atoms with van der Waals surface area (Å²) in [5.41, 5.74) is 0. The van der Waals surface area contributed by atoms with E-state index >= 15 is 0 Å². The van der Waals surface area contributed by atoms with Gasteiger partial charge in [0.25, 0.3) is 0 Å². The summed E-state index contributed by atoms with van der Waals surface area (Å²) in [6.07, 6.45) is 1.06. The van der Waals surface area contributed by atoms with Gasteiger partial charge in [-0.15, -0.1) is 11.3 Å². The van der Waals surface area contributed by atoms with Crippen molar-refractivity contribution in [2.75, 3.05) is 20.1 Å². The molecule has 1 heterocycles. The fraction of sp³-hybridized carbons (Fsp3) is 0.615. The lowest BCUT2D eigenvalue weighted by atomic mass is 9.97. The lowest BCUT2D eigenvalue weighted by Gasteiger charge is -2.21. The summed E-state index contributed by atoms with van der Waals surface area (Å²) >= 11 is 5.26. The van der Waals surface area contributed by atoms with Gasteiger partial charge < -0.3 is 4.90 Å². The SMILES string of the molecule is CC(C)C(C#N)CN(C)CCc1ccc(Br)s1. The van der Waals surface area contributed by atoms with E-state index in [1.54, 1.807) is 11.3 Å². The first-order valence-corrected chi connectivity index (χ1v) is 7.46. The van der Waals surface area contributed by atoms with Crippen molar-refractivity contribution in [2.24, 2.45) is 11.8 Å². The zero-order valence-electron chi connectivity index (χ0n) is 10.6. The summed E-state index contributed by atoms with van der Waals surface area (Å²) in [5, 5.41) is 9.05. The van der Waals surface area contributed by atoms with E-state index in [9.17, 15) is 0 Å². The van der Waals surface area contributed by atoms with Crippen molar-refractivity contribution < 1.29 is 0 Å². The quantitative estimate of drug-likeness (QED) is 0.799. The van der Waals surface area contributed by atoms with Crippen LogP contribution >= 0.6 is 27.3 Å². The number of hydrogen-bond acceptors (Lipinski definition) is 3. The summed E-state index contributed by atoms with van der Waals surface area (Å²) in [6.45, 7) is 6.09. The molecule has 0 spiro atoms. The lowest BCUT2D eigenvalue weighted by Crippen LogP contribution is -2.29. The predicted molar refractivity (Wildman–Crippen MR) is 77.2 cm³/mol. The van der Waals surface area contributed by atoms with Crippen LogP contribution in [-0.4, -0.2) is 25.0 Å². The van der Waals surface area contributed by atoms with Gasteiger partial charge in [0.2, 0.25) is 0 Å². The Morgan fingerprint density at radius 1 is 1.47 bits per heavy atom. The summed E-state index contributed by atoms with van der Waals surface area (Å²) in [7, 11) is 2.09. The summed E-state index contributed by atoms with van der Waals surface area (Å²) in [5.74, 6) is 0.563. The molecular weight excluding hydrogens is 296 g/mol. The van der Waals surface area contributed by atoms with Crippen LogP contribution in [0.4, 0.5) is 0 Å². The smallest absolute Gasteiger partial charge is 0.0701 e. The van der Waals surface area contributed by atoms with Gasteiger partial charge in [0.05, 0.1) is 15.8 Å². The molecule has 2 nitrogen and oxygen atoms in total. The maximum absolute atomic E-state index is 9.05. The second kappa shape index (κ2) is 7.15. The summed E-state index contributed by atoms with van der Waals surface area (Å²) in [4.78, 5) is 3.64. The largest absolute Gasteiger partial charge is 0.305 e. The number of halogens is 1. The Kier molecular flexibility index (Phi) is 6.18. The normalized spacial score (nSPS) is 13.0. The van der Waals surface area contributed by atoms with E-state index in [2.05, 4.69) is 59.9 Å². The standard InChI is InChI=1S/C13H19BrN2S/c1-10(2)11(8-15)9-16(3)7-6-12-4-5-13(14)17-12/h4-5,10-11H,6-7,9H2,1-3H3. The van der Waals surface area contributed by atoms with Crippen molar-refractivity contribution >= 4 is 27.3 Å². The van der Waals surface area contributed by atoms with E-state index in [-0.39, 0.29) is 5.92 Å². The molecule has 0 amide bonds. The monoisotopic (exact) mass is 314 g/mol. The fourth-order valence-electron chi connectivity index (χ4n) is 1.61. The highest BCUT2D eigenvalue weighted by atomic mass is 79.9. The van der Waals surface area contributed by atoms with Crippen molar-refractivity contribution in [3.8, 4) is 6.07 Å². The van der Waals surface area contributed by atoms with Crippen LogP contribution < -0.4 is 0 Å². The van der Waals surface area contributed by atoms with Crippen LogP contribution in [-0.2, 0) is 6.42 Å². The molecule has 0 aromatic carbocycles. The molecule has 4 heteroatoms. The zero-order valence-corrected chi connectivity index (χ0v) is 13.0. The maximum Gasteiger partial charge on any atom is 0.0701 e. The number of likely N-dealkylation sites (N-methyl/N-ethyl adjacent to an activating group) is 1. The Balaban J connectivity index is 2.35. The first kappa shape index (κ1) is 14.7. The molecule has 1 rings (SSSR count). The third-order valence-electron chi connectivity index (χ3n) is 2.85. The molecule has 1 aromatic heterocycles. The van der Waals surface area contributed by atoms with Crippen LogP contribution in [0.15, 0.2) is 15.9 Å². The van der Waals surface area contributed by atoms with Gasteiger partial charge in [0, 0.05) is 18.0 Å². The Morgan fingerprint density at radius 3 is 2.65 bits per heavy atom. The first-order valence-electron chi connectivity index (χ1n) is 5.85. The molecule has 0 saturated heterocycles. The topological polar surface area (TPSA) is 27.0 Å². The first-order chi connectivity index (χ1) is 8.02. The summed E-state index contributed by atoms with van der Waals surface area (Å²) in [6, 6.07) is 6.64. The number of nitriles is 1. The molecule has 1 atom stereocenters. The zero-order chi connectivity index (χ0) is 12.8. The minimum absolute atomic E-state index is 0.134. The Morgan fingerprint density at radius 2 is 2.18 bits per heavy atom. The minimum Gasteiger partial charge on any atom is -0.305 e. The van der Waals surface area contributed by atoms with E-state index in [0.717, 1.165) is 19.5 Å². The van der Waals surface area contributed by atoms with Gasteiger partial charge in [-0.05, 0) is 47.4 Å². The molecule has 17 heavy (non-hydrogen) atoms. The van der Waals surface area contributed by atoms with Gasteiger partial charge in [-0.1, -0.05) is 13.8 Å². The number of nitrogens with zero attached hydrogens (tertiary/aromatic N) is 2. The molecule has 0 aliphatic heterocycles. The highest BCUT2D eigenvalue weighted by Gasteiger charge is 2.14. The average Bonchev–Trinajstić information content (AvgIpc) is 2.68. The van der Waals surface area contributed by atoms with Gasteiger partial charge >= 0.3 is 0 Å². The highest BCUT2D eigenvalue weighted by Crippen LogP contribution is 2.22. The van der Waals surface area contributed by atoms with Crippen LogP contribution in [0.2, 0.25) is 0 Å². The minimum atomic E-state index is 0.134. The molecule has 0 fully saturated rings. The van der Waals surface area contributed by atoms with E-state index in [0.29, 0.717) is 5.92 Å². The molecule has 0 bridgehead atoms. The molecular formula is C13H19BrN2S. The van der Waals surface area contributed by atoms with Gasteiger partial charge in [-0.3, -0.25) is 0 Å². The van der Waals surface area contributed by atoms with Crippen molar-refractivity contribution in [3.63, 3.8) is 0 Å². The number of thiophene rings is 1. The van der Waals surface area contributed by atoms with Crippen LogP contribution in [0.5, 0.6) is 0 Å². The fourth-order valence-corrected chi connectivity index (χ4v) is 3.09. The highest BCUT2D eigenvalue weighted by molar-refractivity contribution is 9.11. The van der Waals surface area contributed by atoms with Gasteiger partial charge in [-0.25, -0.2) is 0 Å². The van der Waals surface area contributed by atoms with E-state index < -0.39 is 0 Å². The van der Waals surface area contributed by atoms with Crippen molar-refractivity contribution in [1.29, 1.82) is 5.26 Å². The molecule has 0 radical (unpaired) electrons. The lowest BCUT2D eigenvalue weighted by molar-refractivity contribution is 0.275. The van der Waals surface area contributed by atoms with Crippen LogP contribution in [0.1, 0.15) is 18.7 Å². The van der Waals surface area contributed by atoms with E-state index in [4.69, 9.17) is 5.26 Å². The molecule has 1 aromatic rings. The van der Waals surface area contributed by atoms with Crippen molar-refractivity contribution in [2.45, 2.75) is 20.3 Å². The Bertz CT molecular complexity index is 381. The van der Waals surface area contributed by atoms with Crippen LogP contribution in [0, 0.1) is 23.2 Å². The summed E-state index contributed by atoms with van der Waals surface area (Å²) < 4.78 is 1.19. The second-order valence-corrected chi connectivity index (χ2v) is 7.25. The number of hydrogen-bond donors (Lipinski definition) is 0. The van der Waals surface area contributed by atoms with Crippen LogP contribution in [0.3, 0.4) is 0 Å². The average molecular weight is 315 g/mol. The Labute approximate surface area is 116 Å². The Hall–Kier alpha value is -0.370. The molecule has 1 unspecified atom stereocenters. The van der Waals surface area contributed by atoms with Crippen LogP contribution in [0.25, 0.3) is 0 Å². The molecule has 0 N–H and O–H groups in total. The van der Waals surface area contributed by atoms with E-state index in [1.165, 1.54) is 8.66 Å². The van der Waals surface area contributed by atoms with Crippen molar-refractivity contribution in [1.82, 2.24) is 4.90 Å². The predicted octanol–water partition coefficient (Wildman–Crippen LogP) is 3.78. The third-order valence-corrected chi connectivity index (χ3v) is 4.53. The molecule has 0 saturated carbocycles.